The van der Waals surface area contributed by atoms with Crippen LogP contribution in [0.3, 0.4) is 0 Å². The van der Waals surface area contributed by atoms with Crippen LogP contribution in [0.25, 0.3) is 10.9 Å². The summed E-state index contributed by atoms with van der Waals surface area (Å²) in [6, 6.07) is 6.24. The van der Waals surface area contributed by atoms with E-state index in [0.717, 1.165) is 0 Å². The zero-order valence-electron chi connectivity index (χ0n) is 13.2. The van der Waals surface area contributed by atoms with Gasteiger partial charge in [0.2, 0.25) is 5.91 Å². The maximum Gasteiger partial charge on any atom is 0.280 e. The molecule has 1 aromatic carbocycles. The number of para-hydroxylation sites is 1. The number of rotatable bonds is 4. The molecule has 1 aromatic heterocycles. The van der Waals surface area contributed by atoms with Crippen molar-refractivity contribution in [1.82, 2.24) is 9.66 Å². The Hall–Kier alpha value is -2.50. The molecule has 0 fully saturated rings. The predicted octanol–water partition coefficient (Wildman–Crippen LogP) is 1.42. The van der Waals surface area contributed by atoms with Crippen molar-refractivity contribution in [3.63, 3.8) is 0 Å². The monoisotopic (exact) mass is 301 g/mol. The summed E-state index contributed by atoms with van der Waals surface area (Å²) < 4.78 is 1.23. The molecular weight excluding hydrogens is 282 g/mol. The number of ketones is 1. The van der Waals surface area contributed by atoms with Gasteiger partial charge in [0, 0.05) is 13.3 Å². The Labute approximate surface area is 128 Å². The lowest BCUT2D eigenvalue weighted by Crippen LogP contribution is -2.54. The molecule has 1 unspecified atom stereocenters. The summed E-state index contributed by atoms with van der Waals surface area (Å²) in [5, 5.41) is 1.60. The minimum absolute atomic E-state index is 0.197. The fourth-order valence-electron chi connectivity index (χ4n) is 2.38. The van der Waals surface area contributed by atoms with Crippen LogP contribution in [0.2, 0.25) is 0 Å². The van der Waals surface area contributed by atoms with Crippen molar-refractivity contribution in [3.8, 4) is 0 Å². The molecule has 6 nitrogen and oxygen atoms in total. The van der Waals surface area contributed by atoms with Gasteiger partial charge in [-0.2, -0.15) is 4.68 Å². The third-order valence-electron chi connectivity index (χ3n) is 3.63. The zero-order chi connectivity index (χ0) is 16.4. The molecule has 2 aromatic rings. The highest BCUT2D eigenvalue weighted by atomic mass is 16.2. The first-order chi connectivity index (χ1) is 10.4. The van der Waals surface area contributed by atoms with Crippen LogP contribution in [0.4, 0.5) is 0 Å². The molecule has 22 heavy (non-hydrogen) atoms. The van der Waals surface area contributed by atoms with Gasteiger partial charge in [0.1, 0.15) is 11.9 Å². The van der Waals surface area contributed by atoms with E-state index >= 15 is 0 Å². The molecular formula is C16H19N3O3. The summed E-state index contributed by atoms with van der Waals surface area (Å²) in [4.78, 5) is 41.0. The SMILES string of the molecule is CCc1nc2ccccc2c(=O)n1N(C(C)=O)C(C)C(C)=O. The highest BCUT2D eigenvalue weighted by Crippen LogP contribution is 2.10. The molecule has 0 aliphatic heterocycles. The molecule has 0 bridgehead atoms. The number of benzene rings is 1. The van der Waals surface area contributed by atoms with Gasteiger partial charge >= 0.3 is 0 Å². The largest absolute Gasteiger partial charge is 0.298 e. The van der Waals surface area contributed by atoms with Gasteiger partial charge in [0.05, 0.1) is 10.9 Å². The maximum atomic E-state index is 12.8. The molecule has 0 aliphatic rings. The summed E-state index contributed by atoms with van der Waals surface area (Å²) in [6.07, 6.45) is 0.467. The lowest BCUT2D eigenvalue weighted by Gasteiger charge is -2.29. The number of aromatic nitrogens is 2. The Kier molecular flexibility index (Phi) is 4.40. The number of aryl methyl sites for hydroxylation is 1. The molecule has 0 radical (unpaired) electrons. The van der Waals surface area contributed by atoms with E-state index in [-0.39, 0.29) is 17.2 Å². The van der Waals surface area contributed by atoms with Gasteiger partial charge in [-0.05, 0) is 26.0 Å². The van der Waals surface area contributed by atoms with E-state index < -0.39 is 6.04 Å². The fraction of sp³-hybridized carbons (Fsp3) is 0.375. The van der Waals surface area contributed by atoms with E-state index in [9.17, 15) is 14.4 Å². The second-order valence-electron chi connectivity index (χ2n) is 5.17. The van der Waals surface area contributed by atoms with Crippen molar-refractivity contribution in [2.75, 3.05) is 5.01 Å². The van der Waals surface area contributed by atoms with Crippen molar-refractivity contribution in [1.29, 1.82) is 0 Å². The molecule has 116 valence electrons. The average Bonchev–Trinajstić information content (AvgIpc) is 2.49. The quantitative estimate of drug-likeness (QED) is 0.856. The van der Waals surface area contributed by atoms with Gasteiger partial charge in [-0.1, -0.05) is 19.1 Å². The van der Waals surface area contributed by atoms with Crippen LogP contribution in [-0.2, 0) is 16.0 Å². The van der Waals surface area contributed by atoms with Crippen LogP contribution < -0.4 is 10.6 Å². The lowest BCUT2D eigenvalue weighted by atomic mass is 10.2. The number of carbonyl (C=O) groups excluding carboxylic acids is 2. The molecule has 0 N–H and O–H groups in total. The van der Waals surface area contributed by atoms with Gasteiger partial charge in [-0.15, -0.1) is 0 Å². The highest BCUT2D eigenvalue weighted by Gasteiger charge is 2.26. The van der Waals surface area contributed by atoms with Crippen LogP contribution in [0.5, 0.6) is 0 Å². The number of hydrogen-bond acceptors (Lipinski definition) is 4. The highest BCUT2D eigenvalue weighted by molar-refractivity contribution is 5.94. The van der Waals surface area contributed by atoms with Crippen LogP contribution in [0.15, 0.2) is 29.1 Å². The molecule has 2 rings (SSSR count). The third-order valence-corrected chi connectivity index (χ3v) is 3.63. The number of hydrogen-bond donors (Lipinski definition) is 0. The number of fused-ring (bicyclic) bond motifs is 1. The van der Waals surface area contributed by atoms with E-state index in [1.807, 2.05) is 6.92 Å². The number of amides is 1. The average molecular weight is 301 g/mol. The lowest BCUT2D eigenvalue weighted by molar-refractivity contribution is -0.124. The molecule has 0 saturated heterocycles. The van der Waals surface area contributed by atoms with Crippen molar-refractivity contribution >= 4 is 22.6 Å². The topological polar surface area (TPSA) is 72.3 Å². The zero-order valence-corrected chi connectivity index (χ0v) is 13.2. The van der Waals surface area contributed by atoms with Gasteiger partial charge in [0.25, 0.3) is 5.56 Å². The third kappa shape index (κ3) is 2.64. The summed E-state index contributed by atoms with van der Waals surface area (Å²) in [7, 11) is 0. The van der Waals surface area contributed by atoms with E-state index in [1.54, 1.807) is 31.2 Å². The standard InChI is InChI=1S/C16H19N3O3/c1-5-15-17-14-9-7-6-8-13(14)16(22)19(15)18(12(4)21)10(2)11(3)20/h6-10H,5H2,1-4H3. The molecule has 1 atom stereocenters. The molecule has 1 amide bonds. The Morgan fingerprint density at radius 1 is 1.27 bits per heavy atom. The smallest absolute Gasteiger partial charge is 0.280 e. The molecule has 1 heterocycles. The fourth-order valence-corrected chi connectivity index (χ4v) is 2.38. The van der Waals surface area contributed by atoms with Gasteiger partial charge < -0.3 is 0 Å². The second kappa shape index (κ2) is 6.09. The normalized spacial score (nSPS) is 12.2. The molecule has 0 saturated carbocycles. The second-order valence-corrected chi connectivity index (χ2v) is 5.17. The molecule has 0 spiro atoms. The van der Waals surface area contributed by atoms with Crippen molar-refractivity contribution < 1.29 is 9.59 Å². The van der Waals surface area contributed by atoms with E-state index in [0.29, 0.717) is 23.1 Å². The van der Waals surface area contributed by atoms with Crippen LogP contribution in [-0.4, -0.2) is 27.4 Å². The first kappa shape index (κ1) is 15.9. The van der Waals surface area contributed by atoms with Gasteiger partial charge in [-0.25, -0.2) is 9.99 Å². The predicted molar refractivity (Wildman–Crippen MR) is 84.4 cm³/mol. The Balaban J connectivity index is 2.81. The minimum atomic E-state index is -0.733. The van der Waals surface area contributed by atoms with E-state index in [4.69, 9.17) is 0 Å². The summed E-state index contributed by atoms with van der Waals surface area (Å²) in [6.45, 7) is 6.18. The number of carbonyl (C=O) groups is 2. The first-order valence-electron chi connectivity index (χ1n) is 7.19. The van der Waals surface area contributed by atoms with Gasteiger partial charge in [0.15, 0.2) is 5.78 Å². The Morgan fingerprint density at radius 3 is 2.45 bits per heavy atom. The Bertz CT molecular complexity index is 795. The van der Waals surface area contributed by atoms with Gasteiger partial charge in [-0.3, -0.25) is 14.4 Å². The maximum absolute atomic E-state index is 12.8. The summed E-state index contributed by atoms with van der Waals surface area (Å²) in [5.74, 6) is -0.124. The summed E-state index contributed by atoms with van der Waals surface area (Å²) >= 11 is 0. The minimum Gasteiger partial charge on any atom is -0.298 e. The van der Waals surface area contributed by atoms with Crippen molar-refractivity contribution in [3.05, 3.63) is 40.4 Å². The van der Waals surface area contributed by atoms with E-state index in [2.05, 4.69) is 4.98 Å². The Morgan fingerprint density at radius 2 is 1.91 bits per heavy atom. The molecule has 0 aliphatic carbocycles. The summed E-state index contributed by atoms with van der Waals surface area (Å²) in [5.41, 5.74) is 0.241. The van der Waals surface area contributed by atoms with Crippen LogP contribution in [0, 0.1) is 0 Å². The number of nitrogens with zero attached hydrogens (tertiary/aromatic N) is 3. The molecule has 6 heteroatoms. The first-order valence-corrected chi connectivity index (χ1v) is 7.19. The van der Waals surface area contributed by atoms with Crippen molar-refractivity contribution in [2.45, 2.75) is 40.2 Å². The van der Waals surface area contributed by atoms with Crippen LogP contribution >= 0.6 is 0 Å². The van der Waals surface area contributed by atoms with Crippen LogP contribution in [0.1, 0.15) is 33.5 Å². The number of Topliss-reactive ketones (excluding diaryl/α,β-unsaturated/α-hetero) is 1. The van der Waals surface area contributed by atoms with E-state index in [1.165, 1.54) is 23.5 Å². The van der Waals surface area contributed by atoms with Crippen molar-refractivity contribution in [2.24, 2.45) is 0 Å².